The summed E-state index contributed by atoms with van der Waals surface area (Å²) >= 11 is 0.493. The van der Waals surface area contributed by atoms with Gasteiger partial charge >= 0.3 is 6.18 Å². The Kier molecular flexibility index (Phi) is 6.30. The summed E-state index contributed by atoms with van der Waals surface area (Å²) in [5.74, 6) is 0. The van der Waals surface area contributed by atoms with Gasteiger partial charge in [0, 0.05) is 20.3 Å². The van der Waals surface area contributed by atoms with E-state index in [4.69, 9.17) is 9.47 Å². The highest BCUT2D eigenvalue weighted by Crippen LogP contribution is 2.32. The molecule has 1 aromatic rings. The Morgan fingerprint density at radius 3 is 2.61 bits per heavy atom. The molecule has 0 radical (unpaired) electrons. The van der Waals surface area contributed by atoms with Gasteiger partial charge in [0.1, 0.15) is 0 Å². The SMILES string of the molecule is COCCOCCCNc1nnc(C(F)(F)F)s1. The number of nitrogens with zero attached hydrogens (tertiary/aromatic N) is 2. The van der Waals surface area contributed by atoms with E-state index in [1.807, 2.05) is 0 Å². The van der Waals surface area contributed by atoms with Gasteiger partial charge in [-0.2, -0.15) is 13.2 Å². The fourth-order valence-corrected chi connectivity index (χ4v) is 1.66. The first-order chi connectivity index (χ1) is 8.54. The lowest BCUT2D eigenvalue weighted by molar-refractivity contribution is -0.138. The maximum absolute atomic E-state index is 12.2. The van der Waals surface area contributed by atoms with Crippen LogP contribution in [0.2, 0.25) is 0 Å². The van der Waals surface area contributed by atoms with Crippen LogP contribution in [0.3, 0.4) is 0 Å². The third-order valence-electron chi connectivity index (χ3n) is 1.84. The lowest BCUT2D eigenvalue weighted by Gasteiger charge is -2.03. The number of nitrogens with one attached hydrogen (secondary N) is 1. The van der Waals surface area contributed by atoms with Crippen molar-refractivity contribution in [3.63, 3.8) is 0 Å². The largest absolute Gasteiger partial charge is 0.445 e. The van der Waals surface area contributed by atoms with E-state index < -0.39 is 11.2 Å². The van der Waals surface area contributed by atoms with Gasteiger partial charge in [0.05, 0.1) is 13.2 Å². The molecule has 0 aromatic carbocycles. The van der Waals surface area contributed by atoms with E-state index in [1.54, 1.807) is 7.11 Å². The van der Waals surface area contributed by atoms with Gasteiger partial charge in [0.15, 0.2) is 0 Å². The molecule has 0 spiro atoms. The lowest BCUT2D eigenvalue weighted by atomic mass is 10.4. The summed E-state index contributed by atoms with van der Waals surface area (Å²) in [6.07, 6.45) is -3.76. The van der Waals surface area contributed by atoms with Crippen LogP contribution in [-0.2, 0) is 15.7 Å². The second-order valence-electron chi connectivity index (χ2n) is 3.30. The summed E-state index contributed by atoms with van der Waals surface area (Å²) in [6, 6.07) is 0. The van der Waals surface area contributed by atoms with Crippen LogP contribution >= 0.6 is 11.3 Å². The van der Waals surface area contributed by atoms with Crippen molar-refractivity contribution < 1.29 is 22.6 Å². The normalized spacial score (nSPS) is 11.8. The number of hydrogen-bond donors (Lipinski definition) is 1. The van der Waals surface area contributed by atoms with Crippen molar-refractivity contribution in [3.05, 3.63) is 5.01 Å². The standard InChI is InChI=1S/C9H14F3N3O2S/c1-16-5-6-17-4-2-3-13-8-15-14-7(18-8)9(10,11)12/h2-6H2,1H3,(H,13,15). The highest BCUT2D eigenvalue weighted by molar-refractivity contribution is 7.15. The van der Waals surface area contributed by atoms with Crippen molar-refractivity contribution >= 4 is 16.5 Å². The zero-order valence-electron chi connectivity index (χ0n) is 9.79. The van der Waals surface area contributed by atoms with Gasteiger partial charge in [-0.1, -0.05) is 11.3 Å². The first-order valence-corrected chi connectivity index (χ1v) is 6.07. The number of alkyl halides is 3. The zero-order chi connectivity index (χ0) is 13.4. The number of rotatable bonds is 8. The summed E-state index contributed by atoms with van der Waals surface area (Å²) in [7, 11) is 1.58. The van der Waals surface area contributed by atoms with Crippen LogP contribution in [0.5, 0.6) is 0 Å². The van der Waals surface area contributed by atoms with Crippen molar-refractivity contribution in [1.82, 2.24) is 10.2 Å². The van der Waals surface area contributed by atoms with Crippen molar-refractivity contribution in [2.45, 2.75) is 12.6 Å². The molecule has 0 atom stereocenters. The Morgan fingerprint density at radius 1 is 1.22 bits per heavy atom. The summed E-state index contributed by atoms with van der Waals surface area (Å²) in [6.45, 7) is 2.03. The number of methoxy groups -OCH3 is 1. The van der Waals surface area contributed by atoms with Gasteiger partial charge < -0.3 is 14.8 Å². The molecule has 1 aromatic heterocycles. The maximum atomic E-state index is 12.2. The predicted molar refractivity (Wildman–Crippen MR) is 60.7 cm³/mol. The van der Waals surface area contributed by atoms with Crippen molar-refractivity contribution in [3.8, 4) is 0 Å². The smallest absolute Gasteiger partial charge is 0.382 e. The Labute approximate surface area is 106 Å². The molecule has 0 amide bonds. The molecule has 0 aliphatic heterocycles. The predicted octanol–water partition coefficient (Wildman–Crippen LogP) is 2.02. The minimum absolute atomic E-state index is 0.166. The molecule has 0 bridgehead atoms. The van der Waals surface area contributed by atoms with E-state index in [0.717, 1.165) is 0 Å². The molecule has 0 unspecified atom stereocenters. The van der Waals surface area contributed by atoms with E-state index in [9.17, 15) is 13.2 Å². The number of halogens is 3. The highest BCUT2D eigenvalue weighted by Gasteiger charge is 2.35. The van der Waals surface area contributed by atoms with E-state index >= 15 is 0 Å². The van der Waals surface area contributed by atoms with E-state index in [2.05, 4.69) is 15.5 Å². The Bertz CT molecular complexity index is 346. The van der Waals surface area contributed by atoms with Crippen LogP contribution in [-0.4, -0.2) is 43.7 Å². The van der Waals surface area contributed by atoms with Gasteiger partial charge in [0.25, 0.3) is 0 Å². The van der Waals surface area contributed by atoms with E-state index in [0.29, 0.717) is 44.1 Å². The van der Waals surface area contributed by atoms with E-state index in [-0.39, 0.29) is 5.13 Å². The number of anilines is 1. The van der Waals surface area contributed by atoms with Gasteiger partial charge in [-0.05, 0) is 6.42 Å². The van der Waals surface area contributed by atoms with Crippen LogP contribution in [0.15, 0.2) is 0 Å². The molecule has 0 aliphatic rings. The number of hydrogen-bond acceptors (Lipinski definition) is 6. The molecule has 18 heavy (non-hydrogen) atoms. The first kappa shape index (κ1) is 15.1. The van der Waals surface area contributed by atoms with Crippen LogP contribution in [0.25, 0.3) is 0 Å². The van der Waals surface area contributed by atoms with Crippen molar-refractivity contribution in [1.29, 1.82) is 0 Å². The average Bonchev–Trinajstić information content (AvgIpc) is 2.76. The molecular weight excluding hydrogens is 271 g/mol. The van der Waals surface area contributed by atoms with Crippen molar-refractivity contribution in [2.75, 3.05) is 38.8 Å². The number of aromatic nitrogens is 2. The second kappa shape index (κ2) is 7.49. The molecule has 0 aliphatic carbocycles. The highest BCUT2D eigenvalue weighted by atomic mass is 32.1. The van der Waals surface area contributed by atoms with Gasteiger partial charge in [0.2, 0.25) is 10.1 Å². The lowest BCUT2D eigenvalue weighted by Crippen LogP contribution is -2.08. The summed E-state index contributed by atoms with van der Waals surface area (Å²) in [4.78, 5) is 0. The zero-order valence-corrected chi connectivity index (χ0v) is 10.6. The summed E-state index contributed by atoms with van der Waals surface area (Å²) in [5.41, 5.74) is 0. The summed E-state index contributed by atoms with van der Waals surface area (Å²) < 4.78 is 46.6. The minimum atomic E-state index is -4.43. The van der Waals surface area contributed by atoms with E-state index in [1.165, 1.54) is 0 Å². The molecule has 1 heterocycles. The van der Waals surface area contributed by atoms with Gasteiger partial charge in [-0.15, -0.1) is 10.2 Å². The molecule has 104 valence electrons. The third-order valence-corrected chi connectivity index (χ3v) is 2.77. The third kappa shape index (κ3) is 5.61. The van der Waals surface area contributed by atoms with Gasteiger partial charge in [-0.3, -0.25) is 0 Å². The topological polar surface area (TPSA) is 56.3 Å². The first-order valence-electron chi connectivity index (χ1n) is 5.25. The van der Waals surface area contributed by atoms with Crippen LogP contribution in [0, 0.1) is 0 Å². The average molecular weight is 285 g/mol. The van der Waals surface area contributed by atoms with Crippen LogP contribution in [0.4, 0.5) is 18.3 Å². The molecule has 0 saturated heterocycles. The Hall–Kier alpha value is -0.930. The Morgan fingerprint density at radius 2 is 2.00 bits per heavy atom. The maximum Gasteiger partial charge on any atom is 0.445 e. The van der Waals surface area contributed by atoms with Crippen LogP contribution in [0.1, 0.15) is 11.4 Å². The number of ether oxygens (including phenoxy) is 2. The summed E-state index contributed by atoms with van der Waals surface area (Å²) in [5, 5.41) is 8.45. The second-order valence-corrected chi connectivity index (χ2v) is 4.27. The molecule has 9 heteroatoms. The molecule has 0 saturated carbocycles. The van der Waals surface area contributed by atoms with Crippen LogP contribution < -0.4 is 5.32 Å². The quantitative estimate of drug-likeness (QED) is 0.741. The molecule has 1 rings (SSSR count). The van der Waals surface area contributed by atoms with Gasteiger partial charge in [-0.25, -0.2) is 0 Å². The molecular formula is C9H14F3N3O2S. The monoisotopic (exact) mass is 285 g/mol. The Balaban J connectivity index is 2.14. The molecule has 1 N–H and O–H groups in total. The van der Waals surface area contributed by atoms with Crippen molar-refractivity contribution in [2.24, 2.45) is 0 Å². The fraction of sp³-hybridized carbons (Fsp3) is 0.778. The fourth-order valence-electron chi connectivity index (χ4n) is 1.02. The molecule has 5 nitrogen and oxygen atoms in total. The minimum Gasteiger partial charge on any atom is -0.382 e. The molecule has 0 fully saturated rings.